The zero-order chi connectivity index (χ0) is 16.4. The van der Waals surface area contributed by atoms with Crippen molar-refractivity contribution in [1.82, 2.24) is 4.90 Å². The first-order chi connectivity index (χ1) is 11.4. The topological polar surface area (TPSA) is 63.9 Å². The van der Waals surface area contributed by atoms with Crippen molar-refractivity contribution in [2.75, 3.05) is 6.54 Å². The lowest BCUT2D eigenvalue weighted by atomic mass is 9.39. The number of hydrogen-bond donors (Lipinski definition) is 3. The Morgan fingerprint density at radius 1 is 1.08 bits per heavy atom. The molecule has 9 bridgehead atoms. The number of piperidine rings is 2. The van der Waals surface area contributed by atoms with Crippen molar-refractivity contribution < 1.29 is 15.3 Å². The van der Waals surface area contributed by atoms with E-state index in [9.17, 15) is 15.3 Å². The van der Waals surface area contributed by atoms with Crippen LogP contribution in [0.5, 0.6) is 0 Å². The van der Waals surface area contributed by atoms with Gasteiger partial charge in [-0.3, -0.25) is 4.90 Å². The van der Waals surface area contributed by atoms with Gasteiger partial charge >= 0.3 is 0 Å². The molecule has 9 fully saturated rings. The van der Waals surface area contributed by atoms with E-state index < -0.39 is 6.10 Å². The molecule has 0 aromatic carbocycles. The van der Waals surface area contributed by atoms with E-state index in [1.165, 1.54) is 0 Å². The molecule has 130 valence electrons. The third kappa shape index (κ3) is 0.960. The molecular formula is C20H27NO3. The van der Waals surface area contributed by atoms with E-state index in [-0.39, 0.29) is 40.3 Å². The van der Waals surface area contributed by atoms with E-state index in [1.807, 2.05) is 0 Å². The van der Waals surface area contributed by atoms with Crippen molar-refractivity contribution >= 4 is 0 Å². The minimum atomic E-state index is -0.439. The summed E-state index contributed by atoms with van der Waals surface area (Å²) in [5.41, 5.74) is 0.970. The summed E-state index contributed by atoms with van der Waals surface area (Å²) in [7, 11) is 0. The van der Waals surface area contributed by atoms with Gasteiger partial charge in [-0.15, -0.1) is 0 Å². The summed E-state index contributed by atoms with van der Waals surface area (Å²) in [5, 5.41) is 33.3. The maximum Gasteiger partial charge on any atom is 0.0815 e. The Morgan fingerprint density at radius 2 is 1.88 bits per heavy atom. The molecule has 3 heterocycles. The van der Waals surface area contributed by atoms with Gasteiger partial charge < -0.3 is 15.3 Å². The highest BCUT2D eigenvalue weighted by molar-refractivity contribution is 5.44. The molecule has 3 N–H and O–H groups in total. The van der Waals surface area contributed by atoms with Crippen molar-refractivity contribution in [3.8, 4) is 0 Å². The maximum absolute atomic E-state index is 11.3. The van der Waals surface area contributed by atoms with Gasteiger partial charge in [0.15, 0.2) is 0 Å². The van der Waals surface area contributed by atoms with E-state index in [0.29, 0.717) is 23.9 Å². The molecule has 9 aliphatic rings. The summed E-state index contributed by atoms with van der Waals surface area (Å²) >= 11 is 0. The smallest absolute Gasteiger partial charge is 0.0815 e. The van der Waals surface area contributed by atoms with Crippen LogP contribution in [0.2, 0.25) is 0 Å². The standard InChI is InChI=1S/C20H27NO3/c1-8-10-3-11-16-20-5-9(22)4-18(2)7-21(16)12(14(18)20)6-19(11,17(8)24)15(20)13(10)23/h9-17,22-24H,1,3-7H2,2H3/t9-,10+,11+,12-,13-,14+,15+,16+,17+,18-,19+,20-/m0/s1. The van der Waals surface area contributed by atoms with E-state index >= 15 is 0 Å². The van der Waals surface area contributed by atoms with Crippen molar-refractivity contribution in [2.45, 2.75) is 63.0 Å². The second-order valence-corrected chi connectivity index (χ2v) is 10.7. The lowest BCUT2D eigenvalue weighted by Crippen LogP contribution is -2.69. The van der Waals surface area contributed by atoms with Crippen LogP contribution < -0.4 is 0 Å². The zero-order valence-electron chi connectivity index (χ0n) is 14.2. The molecule has 1 unspecified atom stereocenters. The third-order valence-corrected chi connectivity index (χ3v) is 10.3. The van der Waals surface area contributed by atoms with E-state index in [4.69, 9.17) is 0 Å². The zero-order valence-corrected chi connectivity index (χ0v) is 14.2. The van der Waals surface area contributed by atoms with E-state index in [0.717, 1.165) is 37.8 Å². The lowest BCUT2D eigenvalue weighted by molar-refractivity contribution is -0.220. The number of fused-ring (bicyclic) bond motifs is 1. The Kier molecular flexibility index (Phi) is 1.95. The molecule has 6 saturated carbocycles. The molecule has 0 aromatic rings. The van der Waals surface area contributed by atoms with Crippen LogP contribution in [0.4, 0.5) is 0 Å². The molecule has 0 aromatic heterocycles. The molecule has 0 radical (unpaired) electrons. The first-order valence-electron chi connectivity index (χ1n) is 9.85. The van der Waals surface area contributed by atoms with E-state index in [2.05, 4.69) is 18.4 Å². The average Bonchev–Trinajstić information content (AvgIpc) is 2.92. The van der Waals surface area contributed by atoms with Crippen molar-refractivity contribution in [2.24, 2.45) is 39.9 Å². The summed E-state index contributed by atoms with van der Waals surface area (Å²) in [5.74, 6) is 1.33. The molecule has 3 aliphatic heterocycles. The normalized spacial score (nSPS) is 76.1. The second-order valence-electron chi connectivity index (χ2n) is 10.7. The maximum atomic E-state index is 11.3. The van der Waals surface area contributed by atoms with Crippen LogP contribution in [-0.4, -0.2) is 57.2 Å². The highest BCUT2D eigenvalue weighted by Gasteiger charge is 2.90. The van der Waals surface area contributed by atoms with Crippen molar-refractivity contribution in [3.63, 3.8) is 0 Å². The molecule has 13 atom stereocenters. The summed E-state index contributed by atoms with van der Waals surface area (Å²) in [6, 6.07) is 1.04. The lowest BCUT2D eigenvalue weighted by Gasteiger charge is -2.66. The number of aliphatic hydroxyl groups excluding tert-OH is 3. The molecule has 0 amide bonds. The largest absolute Gasteiger partial charge is 0.393 e. The van der Waals surface area contributed by atoms with Gasteiger partial charge in [-0.1, -0.05) is 13.5 Å². The highest BCUT2D eigenvalue weighted by Crippen LogP contribution is 2.86. The van der Waals surface area contributed by atoms with Crippen LogP contribution in [-0.2, 0) is 0 Å². The number of aliphatic hydroxyl groups is 3. The van der Waals surface area contributed by atoms with Crippen LogP contribution in [0.15, 0.2) is 12.2 Å². The fourth-order valence-corrected chi connectivity index (χ4v) is 10.6. The van der Waals surface area contributed by atoms with Crippen molar-refractivity contribution in [1.29, 1.82) is 0 Å². The van der Waals surface area contributed by atoms with Crippen molar-refractivity contribution in [3.05, 3.63) is 12.2 Å². The summed E-state index contributed by atoms with van der Waals surface area (Å²) in [6.45, 7) is 7.69. The molecular weight excluding hydrogens is 302 g/mol. The Bertz CT molecular complexity index is 709. The van der Waals surface area contributed by atoms with Gasteiger partial charge in [-0.05, 0) is 53.9 Å². The minimum absolute atomic E-state index is 0.0358. The Balaban J connectivity index is 1.54. The Labute approximate surface area is 142 Å². The monoisotopic (exact) mass is 329 g/mol. The predicted octanol–water partition coefficient (Wildman–Crippen LogP) is 0.764. The van der Waals surface area contributed by atoms with Crippen LogP contribution in [0.1, 0.15) is 32.6 Å². The van der Waals surface area contributed by atoms with Gasteiger partial charge in [0.25, 0.3) is 0 Å². The van der Waals surface area contributed by atoms with Gasteiger partial charge in [0.1, 0.15) is 0 Å². The first kappa shape index (κ1) is 13.7. The highest BCUT2D eigenvalue weighted by atomic mass is 16.3. The van der Waals surface area contributed by atoms with Crippen LogP contribution in [0.25, 0.3) is 0 Å². The van der Waals surface area contributed by atoms with E-state index in [1.54, 1.807) is 0 Å². The van der Waals surface area contributed by atoms with Crippen LogP contribution in [0, 0.1) is 39.9 Å². The summed E-state index contributed by atoms with van der Waals surface area (Å²) < 4.78 is 0. The van der Waals surface area contributed by atoms with Gasteiger partial charge in [0.05, 0.1) is 18.3 Å². The minimum Gasteiger partial charge on any atom is -0.393 e. The second kappa shape index (κ2) is 3.40. The molecule has 2 spiro atoms. The number of rotatable bonds is 0. The fourth-order valence-electron chi connectivity index (χ4n) is 10.6. The van der Waals surface area contributed by atoms with Gasteiger partial charge in [-0.25, -0.2) is 0 Å². The molecule has 6 aliphatic carbocycles. The van der Waals surface area contributed by atoms with Gasteiger partial charge in [0, 0.05) is 35.9 Å². The van der Waals surface area contributed by atoms with Crippen LogP contribution >= 0.6 is 0 Å². The Morgan fingerprint density at radius 3 is 2.67 bits per heavy atom. The molecule has 24 heavy (non-hydrogen) atoms. The van der Waals surface area contributed by atoms with Crippen LogP contribution in [0.3, 0.4) is 0 Å². The number of hydrogen-bond acceptors (Lipinski definition) is 4. The SMILES string of the molecule is C=C1[C@H]2C[C@@H]3[C@H]4N5C[C@]6(C)C[C@H](O)C[C@]47[C@H]([C@H]2O)[C@]3(C[C@H]5[C@H]67)[C@@H]1O. The fraction of sp³-hybridized carbons (Fsp3) is 0.900. The summed E-state index contributed by atoms with van der Waals surface area (Å²) in [4.78, 5) is 2.77. The molecule has 4 nitrogen and oxygen atoms in total. The molecule has 4 heteroatoms. The van der Waals surface area contributed by atoms with Gasteiger partial charge in [-0.2, -0.15) is 0 Å². The number of nitrogens with zero attached hydrogens (tertiary/aromatic N) is 1. The third-order valence-electron chi connectivity index (χ3n) is 10.3. The first-order valence-corrected chi connectivity index (χ1v) is 9.85. The molecule has 3 saturated heterocycles. The average molecular weight is 329 g/mol. The van der Waals surface area contributed by atoms with Gasteiger partial charge in [0.2, 0.25) is 0 Å². The Hall–Kier alpha value is -0.420. The summed E-state index contributed by atoms with van der Waals surface area (Å²) in [6.07, 6.45) is 2.76. The predicted molar refractivity (Wildman–Crippen MR) is 86.8 cm³/mol. The molecule has 9 rings (SSSR count). The quantitative estimate of drug-likeness (QED) is 0.574.